The standard InChI is InChI=1S/C20H32N2O6S/c1-5-26-17-14-16(15-18(27-6-2)19(17)28-7-3)20(23)22-10-8-21(9-11-22)12-13-29(4,24)25/h14-15H,5-13H2,1-4H3. The number of piperazine rings is 1. The van der Waals surface area contributed by atoms with Crippen molar-refractivity contribution in [2.24, 2.45) is 0 Å². The maximum absolute atomic E-state index is 13.1. The molecule has 0 radical (unpaired) electrons. The summed E-state index contributed by atoms with van der Waals surface area (Å²) in [5.41, 5.74) is 0.491. The summed E-state index contributed by atoms with van der Waals surface area (Å²) in [5, 5.41) is 0. The fraction of sp³-hybridized carbons (Fsp3) is 0.650. The van der Waals surface area contributed by atoms with Gasteiger partial charge in [-0.15, -0.1) is 0 Å². The van der Waals surface area contributed by atoms with E-state index in [1.54, 1.807) is 17.0 Å². The summed E-state index contributed by atoms with van der Waals surface area (Å²) in [5.74, 6) is 1.54. The van der Waals surface area contributed by atoms with Gasteiger partial charge in [0.2, 0.25) is 5.75 Å². The second kappa shape index (κ2) is 10.7. The largest absolute Gasteiger partial charge is 0.490 e. The van der Waals surface area contributed by atoms with E-state index in [4.69, 9.17) is 14.2 Å². The molecular formula is C20H32N2O6S. The van der Waals surface area contributed by atoms with Gasteiger partial charge in [0.05, 0.1) is 25.6 Å². The highest BCUT2D eigenvalue weighted by Gasteiger charge is 2.25. The Bertz CT molecular complexity index is 761. The predicted molar refractivity (Wildman–Crippen MR) is 112 cm³/mol. The van der Waals surface area contributed by atoms with Gasteiger partial charge in [-0.3, -0.25) is 9.69 Å². The summed E-state index contributed by atoms with van der Waals surface area (Å²) in [6.45, 7) is 9.87. The molecular weight excluding hydrogens is 396 g/mol. The second-order valence-corrected chi connectivity index (χ2v) is 9.12. The summed E-state index contributed by atoms with van der Waals surface area (Å²) in [6.07, 6.45) is 1.24. The summed E-state index contributed by atoms with van der Waals surface area (Å²) in [4.78, 5) is 16.9. The van der Waals surface area contributed by atoms with E-state index in [2.05, 4.69) is 4.90 Å². The number of sulfone groups is 1. The van der Waals surface area contributed by atoms with Crippen LogP contribution >= 0.6 is 0 Å². The van der Waals surface area contributed by atoms with Gasteiger partial charge in [-0.1, -0.05) is 0 Å². The van der Waals surface area contributed by atoms with E-state index in [9.17, 15) is 13.2 Å². The summed E-state index contributed by atoms with van der Waals surface area (Å²) in [7, 11) is -2.99. The number of ether oxygens (including phenoxy) is 3. The molecule has 0 unspecified atom stereocenters. The Morgan fingerprint density at radius 1 is 0.931 bits per heavy atom. The minimum Gasteiger partial charge on any atom is -0.490 e. The molecule has 1 amide bonds. The van der Waals surface area contributed by atoms with E-state index in [1.165, 1.54) is 6.26 Å². The lowest BCUT2D eigenvalue weighted by Gasteiger charge is -2.34. The third-order valence-electron chi connectivity index (χ3n) is 4.59. The SMILES string of the molecule is CCOc1cc(C(=O)N2CCN(CCS(C)(=O)=O)CC2)cc(OCC)c1OCC. The van der Waals surface area contributed by atoms with Crippen molar-refractivity contribution in [1.82, 2.24) is 9.80 Å². The molecule has 1 aromatic carbocycles. The van der Waals surface area contributed by atoms with Crippen LogP contribution in [0.3, 0.4) is 0 Å². The van der Waals surface area contributed by atoms with Gasteiger partial charge in [0, 0.05) is 44.5 Å². The minimum atomic E-state index is -2.99. The molecule has 29 heavy (non-hydrogen) atoms. The zero-order valence-corrected chi connectivity index (χ0v) is 18.6. The second-order valence-electron chi connectivity index (χ2n) is 6.86. The van der Waals surface area contributed by atoms with Crippen molar-refractivity contribution in [2.75, 3.05) is 64.6 Å². The van der Waals surface area contributed by atoms with Gasteiger partial charge in [-0.25, -0.2) is 8.42 Å². The van der Waals surface area contributed by atoms with Gasteiger partial charge in [-0.2, -0.15) is 0 Å². The Balaban J connectivity index is 2.14. The number of amides is 1. The van der Waals surface area contributed by atoms with Gasteiger partial charge in [0.25, 0.3) is 5.91 Å². The molecule has 0 bridgehead atoms. The van der Waals surface area contributed by atoms with Gasteiger partial charge in [0.1, 0.15) is 9.84 Å². The van der Waals surface area contributed by atoms with Crippen LogP contribution in [0.5, 0.6) is 17.2 Å². The van der Waals surface area contributed by atoms with E-state index in [1.807, 2.05) is 20.8 Å². The highest BCUT2D eigenvalue weighted by Crippen LogP contribution is 2.39. The number of carbonyl (C=O) groups is 1. The molecule has 9 heteroatoms. The Labute approximate surface area is 173 Å². The highest BCUT2D eigenvalue weighted by atomic mass is 32.2. The molecule has 0 N–H and O–H groups in total. The number of nitrogens with zero attached hydrogens (tertiary/aromatic N) is 2. The molecule has 0 atom stereocenters. The molecule has 164 valence electrons. The van der Waals surface area contributed by atoms with Crippen LogP contribution in [0.15, 0.2) is 12.1 Å². The molecule has 0 aromatic heterocycles. The summed E-state index contributed by atoms with van der Waals surface area (Å²) in [6, 6.07) is 3.41. The van der Waals surface area contributed by atoms with Crippen LogP contribution in [-0.4, -0.2) is 88.7 Å². The molecule has 0 spiro atoms. The number of carbonyl (C=O) groups excluding carboxylic acids is 1. The van der Waals surface area contributed by atoms with Crippen molar-refractivity contribution >= 4 is 15.7 Å². The first kappa shape index (κ1) is 23.3. The van der Waals surface area contributed by atoms with Gasteiger partial charge >= 0.3 is 0 Å². The molecule has 1 aliphatic rings. The van der Waals surface area contributed by atoms with Crippen LogP contribution in [0, 0.1) is 0 Å². The molecule has 1 saturated heterocycles. The molecule has 1 fully saturated rings. The van der Waals surface area contributed by atoms with Crippen molar-refractivity contribution < 1.29 is 27.4 Å². The van der Waals surface area contributed by atoms with Crippen LogP contribution in [-0.2, 0) is 9.84 Å². The van der Waals surface area contributed by atoms with Crippen molar-refractivity contribution in [3.63, 3.8) is 0 Å². The lowest BCUT2D eigenvalue weighted by molar-refractivity contribution is 0.0643. The molecule has 8 nitrogen and oxygen atoms in total. The van der Waals surface area contributed by atoms with Gasteiger partial charge < -0.3 is 19.1 Å². The molecule has 0 aliphatic carbocycles. The lowest BCUT2D eigenvalue weighted by Crippen LogP contribution is -2.49. The van der Waals surface area contributed by atoms with Crippen molar-refractivity contribution in [2.45, 2.75) is 20.8 Å². The average Bonchev–Trinajstić information content (AvgIpc) is 2.68. The van der Waals surface area contributed by atoms with E-state index >= 15 is 0 Å². The number of rotatable bonds is 10. The first-order chi connectivity index (χ1) is 13.8. The van der Waals surface area contributed by atoms with E-state index in [-0.39, 0.29) is 11.7 Å². The van der Waals surface area contributed by atoms with Crippen LogP contribution < -0.4 is 14.2 Å². The third kappa shape index (κ3) is 6.78. The molecule has 1 aromatic rings. The Morgan fingerprint density at radius 2 is 1.45 bits per heavy atom. The van der Waals surface area contributed by atoms with E-state index in [0.717, 1.165) is 0 Å². The number of benzene rings is 1. The van der Waals surface area contributed by atoms with Crippen molar-refractivity contribution in [3.8, 4) is 17.2 Å². The quantitative estimate of drug-likeness (QED) is 0.560. The summed E-state index contributed by atoms with van der Waals surface area (Å²) >= 11 is 0. The van der Waals surface area contributed by atoms with Crippen LogP contribution in [0.4, 0.5) is 0 Å². The molecule has 1 aliphatic heterocycles. The Kier molecular flexibility index (Phi) is 8.58. The van der Waals surface area contributed by atoms with Gasteiger partial charge in [-0.05, 0) is 32.9 Å². The van der Waals surface area contributed by atoms with Crippen molar-refractivity contribution in [1.29, 1.82) is 0 Å². The molecule has 0 saturated carbocycles. The van der Waals surface area contributed by atoms with Crippen molar-refractivity contribution in [3.05, 3.63) is 17.7 Å². The maximum Gasteiger partial charge on any atom is 0.254 e. The predicted octanol–water partition coefficient (Wildman–Crippen LogP) is 1.69. The van der Waals surface area contributed by atoms with E-state index < -0.39 is 9.84 Å². The number of hydrogen-bond acceptors (Lipinski definition) is 7. The van der Waals surface area contributed by atoms with Gasteiger partial charge in [0.15, 0.2) is 11.5 Å². The summed E-state index contributed by atoms with van der Waals surface area (Å²) < 4.78 is 39.8. The monoisotopic (exact) mass is 428 g/mol. The first-order valence-electron chi connectivity index (χ1n) is 10.0. The zero-order chi connectivity index (χ0) is 21.4. The first-order valence-corrected chi connectivity index (χ1v) is 12.1. The molecule has 1 heterocycles. The fourth-order valence-corrected chi connectivity index (χ4v) is 3.75. The third-order valence-corrected chi connectivity index (χ3v) is 5.52. The molecule has 2 rings (SSSR count). The van der Waals surface area contributed by atoms with E-state index in [0.29, 0.717) is 75.4 Å². The van der Waals surface area contributed by atoms with Crippen LogP contribution in [0.1, 0.15) is 31.1 Å². The Morgan fingerprint density at radius 3 is 1.90 bits per heavy atom. The Hall–Kier alpha value is -2.00. The lowest BCUT2D eigenvalue weighted by atomic mass is 10.1. The minimum absolute atomic E-state index is 0.0993. The highest BCUT2D eigenvalue weighted by molar-refractivity contribution is 7.90. The smallest absolute Gasteiger partial charge is 0.254 e. The number of hydrogen-bond donors (Lipinski definition) is 0. The fourth-order valence-electron chi connectivity index (χ4n) is 3.16. The zero-order valence-electron chi connectivity index (χ0n) is 17.8. The maximum atomic E-state index is 13.1. The average molecular weight is 429 g/mol. The topological polar surface area (TPSA) is 85.4 Å². The normalized spacial score (nSPS) is 15.2. The van der Waals surface area contributed by atoms with Crippen LogP contribution in [0.2, 0.25) is 0 Å². The van der Waals surface area contributed by atoms with Crippen LogP contribution in [0.25, 0.3) is 0 Å².